The summed E-state index contributed by atoms with van der Waals surface area (Å²) in [4.78, 5) is 4.35. The monoisotopic (exact) mass is 224 g/mol. The maximum absolute atomic E-state index is 4.35. The van der Waals surface area contributed by atoms with E-state index in [0.717, 1.165) is 31.6 Å². The van der Waals surface area contributed by atoms with E-state index in [1.54, 1.807) is 6.33 Å². The van der Waals surface area contributed by atoms with Gasteiger partial charge in [-0.25, -0.2) is 4.98 Å². The molecule has 4 nitrogen and oxygen atoms in total. The van der Waals surface area contributed by atoms with Crippen molar-refractivity contribution < 1.29 is 0 Å². The maximum Gasteiger partial charge on any atom is 0.138 e. The fraction of sp³-hybridized carbons (Fsp3) is 0.833. The molecule has 1 aromatic heterocycles. The summed E-state index contributed by atoms with van der Waals surface area (Å²) >= 11 is 0. The van der Waals surface area contributed by atoms with Crippen molar-refractivity contribution in [3.63, 3.8) is 0 Å². The first-order valence-corrected chi connectivity index (χ1v) is 6.26. The molecule has 0 radical (unpaired) electrons. The van der Waals surface area contributed by atoms with Crippen LogP contribution in [-0.4, -0.2) is 27.9 Å². The number of nitrogens with one attached hydrogen (secondary N) is 1. The number of rotatable bonds is 7. The van der Waals surface area contributed by atoms with Crippen molar-refractivity contribution in [3.8, 4) is 0 Å². The van der Waals surface area contributed by atoms with Crippen LogP contribution in [0.25, 0.3) is 0 Å². The molecule has 92 valence electrons. The molecule has 0 saturated carbocycles. The minimum absolute atomic E-state index is 0.562. The summed E-state index contributed by atoms with van der Waals surface area (Å²) in [6.07, 6.45) is 4.92. The SMILES string of the molecule is CCCn1ncnc1CC(C)C(CC)NC. The molecule has 1 heterocycles. The normalized spacial score (nSPS) is 15.0. The summed E-state index contributed by atoms with van der Waals surface area (Å²) in [7, 11) is 2.03. The van der Waals surface area contributed by atoms with Crippen molar-refractivity contribution in [2.75, 3.05) is 7.05 Å². The number of aryl methyl sites for hydroxylation is 1. The third-order valence-corrected chi connectivity index (χ3v) is 3.13. The summed E-state index contributed by atoms with van der Waals surface area (Å²) in [6, 6.07) is 0.562. The molecule has 1 aromatic rings. The van der Waals surface area contributed by atoms with Crippen molar-refractivity contribution >= 4 is 0 Å². The molecule has 0 fully saturated rings. The van der Waals surface area contributed by atoms with Gasteiger partial charge in [-0.3, -0.25) is 4.68 Å². The topological polar surface area (TPSA) is 42.7 Å². The maximum atomic E-state index is 4.35. The second-order valence-corrected chi connectivity index (χ2v) is 4.38. The summed E-state index contributed by atoms with van der Waals surface area (Å²) in [5.74, 6) is 1.71. The number of nitrogens with zero attached hydrogens (tertiary/aromatic N) is 3. The number of hydrogen-bond acceptors (Lipinski definition) is 3. The first-order valence-electron chi connectivity index (χ1n) is 6.26. The van der Waals surface area contributed by atoms with Crippen LogP contribution in [0.5, 0.6) is 0 Å². The smallest absolute Gasteiger partial charge is 0.138 e. The van der Waals surface area contributed by atoms with E-state index in [-0.39, 0.29) is 0 Å². The average Bonchev–Trinajstić information content (AvgIpc) is 2.68. The van der Waals surface area contributed by atoms with Crippen LogP contribution in [0.4, 0.5) is 0 Å². The van der Waals surface area contributed by atoms with Crippen LogP contribution in [0.15, 0.2) is 6.33 Å². The predicted molar refractivity (Wildman–Crippen MR) is 66.3 cm³/mol. The van der Waals surface area contributed by atoms with Gasteiger partial charge in [0.25, 0.3) is 0 Å². The molecule has 0 bridgehead atoms. The molecule has 0 spiro atoms. The van der Waals surface area contributed by atoms with Gasteiger partial charge in [-0.2, -0.15) is 5.10 Å². The highest BCUT2D eigenvalue weighted by Crippen LogP contribution is 2.12. The Morgan fingerprint density at radius 3 is 2.75 bits per heavy atom. The highest BCUT2D eigenvalue weighted by molar-refractivity contribution is 4.89. The summed E-state index contributed by atoms with van der Waals surface area (Å²) in [6.45, 7) is 7.62. The third-order valence-electron chi connectivity index (χ3n) is 3.13. The van der Waals surface area contributed by atoms with E-state index in [4.69, 9.17) is 0 Å². The molecule has 0 amide bonds. The molecule has 0 aliphatic rings. The minimum Gasteiger partial charge on any atom is -0.317 e. The van der Waals surface area contributed by atoms with Crippen LogP contribution in [0.1, 0.15) is 39.4 Å². The van der Waals surface area contributed by atoms with Gasteiger partial charge in [-0.05, 0) is 25.8 Å². The fourth-order valence-electron chi connectivity index (χ4n) is 2.17. The van der Waals surface area contributed by atoms with Gasteiger partial charge in [0.1, 0.15) is 12.2 Å². The first-order chi connectivity index (χ1) is 7.72. The van der Waals surface area contributed by atoms with E-state index in [0.29, 0.717) is 12.0 Å². The molecular formula is C12H24N4. The van der Waals surface area contributed by atoms with Crippen LogP contribution < -0.4 is 5.32 Å². The molecule has 1 N–H and O–H groups in total. The number of hydrogen-bond donors (Lipinski definition) is 1. The van der Waals surface area contributed by atoms with Crippen molar-refractivity contribution in [1.29, 1.82) is 0 Å². The summed E-state index contributed by atoms with van der Waals surface area (Å²) in [5.41, 5.74) is 0. The molecule has 2 unspecified atom stereocenters. The Hall–Kier alpha value is -0.900. The largest absolute Gasteiger partial charge is 0.317 e. The van der Waals surface area contributed by atoms with Gasteiger partial charge in [0.2, 0.25) is 0 Å². The van der Waals surface area contributed by atoms with Crippen molar-refractivity contribution in [2.24, 2.45) is 5.92 Å². The minimum atomic E-state index is 0.562. The highest BCUT2D eigenvalue weighted by atomic mass is 15.3. The van der Waals surface area contributed by atoms with Crippen LogP contribution in [0, 0.1) is 5.92 Å². The van der Waals surface area contributed by atoms with Crippen LogP contribution in [-0.2, 0) is 13.0 Å². The molecule has 16 heavy (non-hydrogen) atoms. The van der Waals surface area contributed by atoms with Gasteiger partial charge in [0.15, 0.2) is 0 Å². The Morgan fingerprint density at radius 1 is 1.44 bits per heavy atom. The van der Waals surface area contributed by atoms with Gasteiger partial charge in [0, 0.05) is 19.0 Å². The Balaban J connectivity index is 2.61. The second kappa shape index (κ2) is 6.63. The van der Waals surface area contributed by atoms with E-state index in [1.807, 2.05) is 11.7 Å². The van der Waals surface area contributed by atoms with E-state index in [1.165, 1.54) is 0 Å². The Bertz CT molecular complexity index is 291. The zero-order chi connectivity index (χ0) is 12.0. The molecule has 0 aromatic carbocycles. The van der Waals surface area contributed by atoms with E-state index in [9.17, 15) is 0 Å². The third kappa shape index (κ3) is 3.30. The lowest BCUT2D eigenvalue weighted by Crippen LogP contribution is -2.33. The molecule has 2 atom stereocenters. The van der Waals surface area contributed by atoms with Gasteiger partial charge in [-0.15, -0.1) is 0 Å². The molecule has 0 saturated heterocycles. The van der Waals surface area contributed by atoms with Crippen LogP contribution in [0.2, 0.25) is 0 Å². The number of aromatic nitrogens is 3. The van der Waals surface area contributed by atoms with Crippen molar-refractivity contribution in [2.45, 2.75) is 52.6 Å². The van der Waals surface area contributed by atoms with Crippen LogP contribution in [0.3, 0.4) is 0 Å². The lowest BCUT2D eigenvalue weighted by atomic mass is 9.96. The average molecular weight is 224 g/mol. The predicted octanol–water partition coefficient (Wildman–Crippen LogP) is 1.86. The molecule has 0 aliphatic heterocycles. The zero-order valence-corrected chi connectivity index (χ0v) is 10.9. The Morgan fingerprint density at radius 2 is 2.19 bits per heavy atom. The van der Waals surface area contributed by atoms with E-state index < -0.39 is 0 Å². The molecule has 4 heteroatoms. The fourth-order valence-corrected chi connectivity index (χ4v) is 2.17. The lowest BCUT2D eigenvalue weighted by Gasteiger charge is -2.21. The quantitative estimate of drug-likeness (QED) is 0.769. The van der Waals surface area contributed by atoms with Gasteiger partial charge >= 0.3 is 0 Å². The Labute approximate surface area is 98.5 Å². The van der Waals surface area contributed by atoms with E-state index >= 15 is 0 Å². The lowest BCUT2D eigenvalue weighted by molar-refractivity contribution is 0.373. The highest BCUT2D eigenvalue weighted by Gasteiger charge is 2.16. The molecular weight excluding hydrogens is 200 g/mol. The Kier molecular flexibility index (Phi) is 5.46. The standard InChI is InChI=1S/C12H24N4/c1-5-7-16-12(14-9-15-16)8-10(3)11(6-2)13-4/h9-11,13H,5-8H2,1-4H3. The van der Waals surface area contributed by atoms with Crippen molar-refractivity contribution in [1.82, 2.24) is 20.1 Å². The summed E-state index contributed by atoms with van der Waals surface area (Å²) < 4.78 is 2.03. The van der Waals surface area contributed by atoms with Crippen LogP contribution >= 0.6 is 0 Å². The summed E-state index contributed by atoms with van der Waals surface area (Å²) in [5, 5.41) is 7.61. The first kappa shape index (κ1) is 13.2. The molecule has 0 aliphatic carbocycles. The molecule has 1 rings (SSSR count). The van der Waals surface area contributed by atoms with E-state index in [2.05, 4.69) is 36.2 Å². The van der Waals surface area contributed by atoms with Crippen molar-refractivity contribution in [3.05, 3.63) is 12.2 Å². The second-order valence-electron chi connectivity index (χ2n) is 4.38. The van der Waals surface area contributed by atoms with Gasteiger partial charge in [-0.1, -0.05) is 20.8 Å². The van der Waals surface area contributed by atoms with Gasteiger partial charge in [0.05, 0.1) is 0 Å². The van der Waals surface area contributed by atoms with Gasteiger partial charge < -0.3 is 5.32 Å². The zero-order valence-electron chi connectivity index (χ0n) is 10.9.